The molecule has 1 atom stereocenters. The summed E-state index contributed by atoms with van der Waals surface area (Å²) in [6, 6.07) is 5.21. The van der Waals surface area contributed by atoms with Gasteiger partial charge >= 0.3 is 18.0 Å². The number of nitrogens with zero attached hydrogens (tertiary/aromatic N) is 1. The van der Waals surface area contributed by atoms with Crippen LogP contribution < -0.4 is 14.8 Å². The van der Waals surface area contributed by atoms with Crippen molar-refractivity contribution in [1.82, 2.24) is 10.2 Å². The Labute approximate surface area is 196 Å². The van der Waals surface area contributed by atoms with E-state index in [1.807, 2.05) is 0 Å². The molecule has 0 aliphatic carbocycles. The van der Waals surface area contributed by atoms with E-state index in [0.29, 0.717) is 10.0 Å². The molecule has 0 bridgehead atoms. The van der Waals surface area contributed by atoms with Gasteiger partial charge in [-0.2, -0.15) is 0 Å². The summed E-state index contributed by atoms with van der Waals surface area (Å²) >= 11 is 3.35. The Morgan fingerprint density at radius 2 is 1.97 bits per heavy atom. The SMILES string of the molecule is COC(=O)c1ccc(CN2C(=O)N/C(=C\c3cc(OC)c(O[C@H](C)C(=O)O)cc3Br)C2=O)o1. The van der Waals surface area contributed by atoms with Gasteiger partial charge in [0.25, 0.3) is 5.91 Å². The van der Waals surface area contributed by atoms with Gasteiger partial charge < -0.3 is 29.1 Å². The van der Waals surface area contributed by atoms with E-state index in [4.69, 9.17) is 19.0 Å². The summed E-state index contributed by atoms with van der Waals surface area (Å²) in [5.41, 5.74) is 0.466. The zero-order chi connectivity index (χ0) is 24.3. The van der Waals surface area contributed by atoms with Gasteiger partial charge in [0.15, 0.2) is 17.6 Å². The maximum Gasteiger partial charge on any atom is 0.373 e. The Morgan fingerprint density at radius 1 is 1.24 bits per heavy atom. The van der Waals surface area contributed by atoms with Gasteiger partial charge in [0.05, 0.1) is 20.8 Å². The summed E-state index contributed by atoms with van der Waals surface area (Å²) in [4.78, 5) is 48.6. The van der Waals surface area contributed by atoms with Crippen molar-refractivity contribution in [3.63, 3.8) is 0 Å². The molecule has 3 rings (SSSR count). The van der Waals surface area contributed by atoms with Gasteiger partial charge in [0.2, 0.25) is 5.76 Å². The number of imide groups is 1. The van der Waals surface area contributed by atoms with E-state index in [-0.39, 0.29) is 35.3 Å². The third-order valence-corrected chi connectivity index (χ3v) is 5.25. The van der Waals surface area contributed by atoms with E-state index in [9.17, 15) is 19.2 Å². The second-order valence-corrected chi connectivity index (χ2v) is 7.61. The second kappa shape index (κ2) is 9.77. The number of nitrogens with one attached hydrogen (secondary N) is 1. The van der Waals surface area contributed by atoms with Crippen LogP contribution in [0.4, 0.5) is 4.79 Å². The molecular weight excluding hydrogens is 504 g/mol. The van der Waals surface area contributed by atoms with Crippen LogP contribution in [0.5, 0.6) is 11.5 Å². The number of furan rings is 1. The highest BCUT2D eigenvalue weighted by Gasteiger charge is 2.34. The lowest BCUT2D eigenvalue weighted by molar-refractivity contribution is -0.144. The minimum atomic E-state index is -1.14. The molecule has 1 fully saturated rings. The van der Waals surface area contributed by atoms with E-state index >= 15 is 0 Å². The second-order valence-electron chi connectivity index (χ2n) is 6.76. The quantitative estimate of drug-likeness (QED) is 0.303. The minimum Gasteiger partial charge on any atom is -0.493 e. The average Bonchev–Trinajstić information content (AvgIpc) is 3.35. The number of carboxylic acid groups (broad SMARTS) is 1. The van der Waals surface area contributed by atoms with Gasteiger partial charge in [-0.1, -0.05) is 15.9 Å². The minimum absolute atomic E-state index is 0.00456. The molecule has 2 heterocycles. The Bertz CT molecular complexity index is 1150. The predicted molar refractivity (Wildman–Crippen MR) is 116 cm³/mol. The molecule has 1 aliphatic rings. The number of carbonyl (C=O) groups is 4. The zero-order valence-electron chi connectivity index (χ0n) is 17.7. The number of esters is 1. The summed E-state index contributed by atoms with van der Waals surface area (Å²) in [5.74, 6) is -1.84. The Morgan fingerprint density at radius 3 is 2.61 bits per heavy atom. The molecule has 1 saturated heterocycles. The number of urea groups is 1. The smallest absolute Gasteiger partial charge is 0.373 e. The van der Waals surface area contributed by atoms with Gasteiger partial charge in [-0.3, -0.25) is 9.69 Å². The molecule has 11 nitrogen and oxygen atoms in total. The molecule has 1 aromatic carbocycles. The van der Waals surface area contributed by atoms with Crippen LogP contribution in [0.3, 0.4) is 0 Å². The van der Waals surface area contributed by atoms with Crippen molar-refractivity contribution in [1.29, 1.82) is 0 Å². The highest BCUT2D eigenvalue weighted by Crippen LogP contribution is 2.35. The Kier molecular flexibility index (Phi) is 7.07. The molecule has 3 amide bonds. The van der Waals surface area contributed by atoms with Crippen LogP contribution in [-0.4, -0.2) is 54.2 Å². The van der Waals surface area contributed by atoms with Crippen LogP contribution in [0, 0.1) is 0 Å². The van der Waals surface area contributed by atoms with Crippen molar-refractivity contribution < 1.29 is 42.9 Å². The molecule has 0 saturated carbocycles. The molecule has 0 spiro atoms. The van der Waals surface area contributed by atoms with E-state index in [1.54, 1.807) is 0 Å². The van der Waals surface area contributed by atoms with Crippen LogP contribution >= 0.6 is 15.9 Å². The van der Waals surface area contributed by atoms with Gasteiger partial charge in [0.1, 0.15) is 11.5 Å². The predicted octanol–water partition coefficient (Wildman–Crippen LogP) is 2.78. The number of halogens is 1. The van der Waals surface area contributed by atoms with Crippen molar-refractivity contribution in [3.8, 4) is 11.5 Å². The summed E-state index contributed by atoms with van der Waals surface area (Å²) in [7, 11) is 2.59. The van der Waals surface area contributed by atoms with Crippen LogP contribution in [0.2, 0.25) is 0 Å². The fraction of sp³-hybridized carbons (Fsp3) is 0.238. The Balaban J connectivity index is 1.83. The molecule has 174 valence electrons. The largest absolute Gasteiger partial charge is 0.493 e. The highest BCUT2D eigenvalue weighted by molar-refractivity contribution is 9.10. The first-order chi connectivity index (χ1) is 15.6. The van der Waals surface area contributed by atoms with Gasteiger partial charge in [0, 0.05) is 4.47 Å². The molecule has 2 N–H and O–H groups in total. The standard InChI is InChI=1S/C21H19BrN2O9/c1-10(19(26)27)32-17-8-13(22)11(7-16(17)30-2)6-14-18(25)24(21(29)23-14)9-12-4-5-15(33-12)20(28)31-3/h4-8,10H,9H2,1-3H3,(H,23,29)(H,26,27)/b14-6-/t10-/m1/s1. The molecule has 2 aromatic rings. The van der Waals surface area contributed by atoms with E-state index in [2.05, 4.69) is 26.0 Å². The molecular formula is C21H19BrN2O9. The highest BCUT2D eigenvalue weighted by atomic mass is 79.9. The third-order valence-electron chi connectivity index (χ3n) is 4.56. The molecule has 12 heteroatoms. The maximum atomic E-state index is 12.8. The van der Waals surface area contributed by atoms with E-state index < -0.39 is 30.0 Å². The number of ether oxygens (including phenoxy) is 3. The topological polar surface area (TPSA) is 145 Å². The molecule has 33 heavy (non-hydrogen) atoms. The lowest BCUT2D eigenvalue weighted by atomic mass is 10.1. The van der Waals surface area contributed by atoms with Crippen molar-refractivity contribution in [2.24, 2.45) is 0 Å². The number of carboxylic acids is 1. The van der Waals surface area contributed by atoms with E-state index in [0.717, 1.165) is 4.90 Å². The van der Waals surface area contributed by atoms with Crippen LogP contribution in [0.25, 0.3) is 6.08 Å². The van der Waals surface area contributed by atoms with Crippen LogP contribution in [0.1, 0.15) is 28.8 Å². The van der Waals surface area contributed by atoms with Crippen molar-refractivity contribution >= 4 is 45.9 Å². The third kappa shape index (κ3) is 5.17. The average molecular weight is 523 g/mol. The number of benzene rings is 1. The number of rotatable bonds is 8. The first kappa shape index (κ1) is 23.9. The monoisotopic (exact) mass is 522 g/mol. The van der Waals surface area contributed by atoms with Gasteiger partial charge in [-0.15, -0.1) is 0 Å². The number of hydrogen-bond donors (Lipinski definition) is 2. The van der Waals surface area contributed by atoms with Crippen molar-refractivity contribution in [2.45, 2.75) is 19.6 Å². The summed E-state index contributed by atoms with van der Waals surface area (Å²) in [6.07, 6.45) is 0.319. The normalized spacial score (nSPS) is 15.4. The summed E-state index contributed by atoms with van der Waals surface area (Å²) < 4.78 is 21.0. The van der Waals surface area contributed by atoms with Gasteiger partial charge in [-0.25, -0.2) is 14.4 Å². The van der Waals surface area contributed by atoms with E-state index in [1.165, 1.54) is 51.5 Å². The maximum absolute atomic E-state index is 12.8. The van der Waals surface area contributed by atoms with Gasteiger partial charge in [-0.05, 0) is 42.8 Å². The number of amides is 3. The zero-order valence-corrected chi connectivity index (χ0v) is 19.3. The Hall–Kier alpha value is -3.80. The number of aliphatic carboxylic acids is 1. The molecule has 0 unspecified atom stereocenters. The molecule has 1 aromatic heterocycles. The van der Waals surface area contributed by atoms with Crippen molar-refractivity contribution in [2.75, 3.05) is 14.2 Å². The van der Waals surface area contributed by atoms with Crippen LogP contribution in [0.15, 0.2) is 38.9 Å². The molecule has 0 radical (unpaired) electrons. The summed E-state index contributed by atoms with van der Waals surface area (Å²) in [6.45, 7) is 1.18. The van der Waals surface area contributed by atoms with Crippen molar-refractivity contribution in [3.05, 3.63) is 51.5 Å². The molecule has 1 aliphatic heterocycles. The fourth-order valence-electron chi connectivity index (χ4n) is 2.85. The number of hydrogen-bond acceptors (Lipinski definition) is 8. The lowest BCUT2D eigenvalue weighted by Crippen LogP contribution is -2.30. The number of carbonyl (C=O) groups excluding carboxylic acids is 3. The van der Waals surface area contributed by atoms with Crippen LogP contribution in [-0.2, 0) is 20.9 Å². The first-order valence-electron chi connectivity index (χ1n) is 9.43. The first-order valence-corrected chi connectivity index (χ1v) is 10.2. The number of methoxy groups -OCH3 is 2. The lowest BCUT2D eigenvalue weighted by Gasteiger charge is -2.15. The summed E-state index contributed by atoms with van der Waals surface area (Å²) in [5, 5.41) is 11.5. The fourth-order valence-corrected chi connectivity index (χ4v) is 3.29.